The summed E-state index contributed by atoms with van der Waals surface area (Å²) in [5.41, 5.74) is 6.44. The van der Waals surface area contributed by atoms with Crippen LogP contribution in [-0.2, 0) is 31.7 Å². The van der Waals surface area contributed by atoms with E-state index in [1.807, 2.05) is 30.3 Å². The number of benzene rings is 2. The number of ether oxygens (including phenoxy) is 1. The summed E-state index contributed by atoms with van der Waals surface area (Å²) >= 11 is 0. The van der Waals surface area contributed by atoms with Crippen LogP contribution in [0, 0.1) is 5.41 Å². The number of alkyl carbamates (subject to hydrolysis) is 1. The van der Waals surface area contributed by atoms with Crippen molar-refractivity contribution in [3.8, 4) is 0 Å². The van der Waals surface area contributed by atoms with Gasteiger partial charge in [0.15, 0.2) is 0 Å². The molecule has 0 aromatic heterocycles. The van der Waals surface area contributed by atoms with Gasteiger partial charge in [-0.05, 0) is 44.7 Å². The summed E-state index contributed by atoms with van der Waals surface area (Å²) in [7, 11) is -4.79. The zero-order chi connectivity index (χ0) is 30.4. The van der Waals surface area contributed by atoms with E-state index < -0.39 is 49.0 Å². The molecule has 0 saturated carbocycles. The molecule has 41 heavy (non-hydrogen) atoms. The summed E-state index contributed by atoms with van der Waals surface area (Å²) in [5, 5.41) is 12.6. The van der Waals surface area contributed by atoms with Gasteiger partial charge < -0.3 is 35.8 Å². The van der Waals surface area contributed by atoms with Crippen LogP contribution in [0.2, 0.25) is 0 Å². The molecule has 2 aromatic carbocycles. The van der Waals surface area contributed by atoms with E-state index >= 15 is 0 Å². The number of hydrogen-bond donors (Lipinski definition) is 6. The monoisotopic (exact) mass is 587 g/mol. The Morgan fingerprint density at radius 2 is 1.66 bits per heavy atom. The Labute approximate surface area is 239 Å². The van der Waals surface area contributed by atoms with E-state index in [0.717, 1.165) is 5.56 Å². The highest BCUT2D eigenvalue weighted by atomic mass is 31.2. The molecule has 12 nitrogen and oxygen atoms in total. The number of nitrogens with two attached hydrogens (primary N) is 1. The van der Waals surface area contributed by atoms with Gasteiger partial charge in [0.1, 0.15) is 29.3 Å². The van der Waals surface area contributed by atoms with Crippen molar-refractivity contribution in [2.24, 2.45) is 5.73 Å². The topological polar surface area (TPSA) is 195 Å². The molecule has 13 heteroatoms. The van der Waals surface area contributed by atoms with Gasteiger partial charge in [-0.2, -0.15) is 0 Å². The van der Waals surface area contributed by atoms with Crippen LogP contribution in [0.1, 0.15) is 50.3 Å². The fourth-order valence-electron chi connectivity index (χ4n) is 4.56. The molecule has 0 spiro atoms. The molecule has 1 aliphatic heterocycles. The second-order valence-electron chi connectivity index (χ2n) is 11.0. The molecule has 222 valence electrons. The lowest BCUT2D eigenvalue weighted by atomic mass is 10.0. The number of carbonyl (C=O) groups excluding carboxylic acids is 3. The Hall–Kier alpha value is -3.73. The largest absolute Gasteiger partial charge is 0.444 e. The number of nitrogen functional groups attached to an aromatic ring is 1. The maximum atomic E-state index is 13.7. The normalized spacial score (nSPS) is 16.9. The van der Waals surface area contributed by atoms with Crippen LogP contribution in [0.3, 0.4) is 0 Å². The van der Waals surface area contributed by atoms with Gasteiger partial charge in [-0.25, -0.2) is 4.79 Å². The summed E-state index contributed by atoms with van der Waals surface area (Å²) in [6.07, 6.45) is 0.00549. The molecule has 7 N–H and O–H groups in total. The fourth-order valence-corrected chi connectivity index (χ4v) is 5.31. The third-order valence-corrected chi connectivity index (χ3v) is 7.64. The molecule has 1 heterocycles. The number of rotatable bonds is 10. The van der Waals surface area contributed by atoms with Gasteiger partial charge in [-0.1, -0.05) is 54.6 Å². The van der Waals surface area contributed by atoms with Crippen LogP contribution >= 0.6 is 7.60 Å². The SMILES string of the molecule is CC(C)(C)OC(=O)N[C@H](Cc1ccccc1)C(=O)N1CCC[C@H]1C(=O)NC(Cc1ccc(C(=N)N)cc1)P(=O)(O)O. The Kier molecular flexibility index (Phi) is 10.3. The smallest absolute Gasteiger partial charge is 0.408 e. The van der Waals surface area contributed by atoms with E-state index in [1.165, 1.54) is 4.90 Å². The Morgan fingerprint density at radius 1 is 1.05 bits per heavy atom. The van der Waals surface area contributed by atoms with Crippen molar-refractivity contribution in [3.63, 3.8) is 0 Å². The third-order valence-electron chi connectivity index (χ3n) is 6.52. The van der Waals surface area contributed by atoms with Crippen LogP contribution in [0.5, 0.6) is 0 Å². The molecule has 3 rings (SSSR count). The van der Waals surface area contributed by atoms with E-state index in [2.05, 4.69) is 10.6 Å². The first-order chi connectivity index (χ1) is 19.1. The number of carbonyl (C=O) groups is 3. The van der Waals surface area contributed by atoms with Gasteiger partial charge in [0.25, 0.3) is 0 Å². The number of nitrogens with one attached hydrogen (secondary N) is 3. The predicted molar refractivity (Wildman–Crippen MR) is 153 cm³/mol. The quantitative estimate of drug-likeness (QED) is 0.138. The number of nitrogens with zero attached hydrogens (tertiary/aromatic N) is 1. The van der Waals surface area contributed by atoms with Crippen molar-refractivity contribution in [3.05, 3.63) is 71.3 Å². The number of amidine groups is 1. The van der Waals surface area contributed by atoms with Crippen LogP contribution in [0.4, 0.5) is 4.79 Å². The highest BCUT2D eigenvalue weighted by Gasteiger charge is 2.40. The molecule has 3 amide bonds. The summed E-state index contributed by atoms with van der Waals surface area (Å²) < 4.78 is 17.7. The Morgan fingerprint density at radius 3 is 2.22 bits per heavy atom. The van der Waals surface area contributed by atoms with Gasteiger partial charge in [0.05, 0.1) is 0 Å². The second-order valence-corrected chi connectivity index (χ2v) is 12.8. The molecule has 1 fully saturated rings. The van der Waals surface area contributed by atoms with Gasteiger partial charge >= 0.3 is 13.7 Å². The summed E-state index contributed by atoms with van der Waals surface area (Å²) in [5.74, 6) is -2.87. The first kappa shape index (κ1) is 31.8. The Balaban J connectivity index is 1.77. The highest BCUT2D eigenvalue weighted by molar-refractivity contribution is 7.52. The van der Waals surface area contributed by atoms with Gasteiger partial charge in [-0.3, -0.25) is 19.6 Å². The van der Waals surface area contributed by atoms with E-state index in [4.69, 9.17) is 15.9 Å². The van der Waals surface area contributed by atoms with E-state index in [0.29, 0.717) is 24.0 Å². The number of amides is 3. The van der Waals surface area contributed by atoms with Gasteiger partial charge in [-0.15, -0.1) is 0 Å². The van der Waals surface area contributed by atoms with Crippen LogP contribution in [-0.4, -0.2) is 68.4 Å². The average molecular weight is 588 g/mol. The van der Waals surface area contributed by atoms with E-state index in [-0.39, 0.29) is 25.2 Å². The predicted octanol–water partition coefficient (Wildman–Crippen LogP) is 2.26. The lowest BCUT2D eigenvalue weighted by Crippen LogP contribution is -2.55. The summed E-state index contributed by atoms with van der Waals surface area (Å²) in [6, 6.07) is 13.3. The minimum Gasteiger partial charge on any atom is -0.444 e. The number of likely N-dealkylation sites (tertiary alicyclic amines) is 1. The zero-order valence-corrected chi connectivity index (χ0v) is 24.3. The average Bonchev–Trinajstić information content (AvgIpc) is 3.37. The van der Waals surface area contributed by atoms with Crippen molar-refractivity contribution in [2.75, 3.05) is 6.54 Å². The minimum atomic E-state index is -4.79. The second kappa shape index (κ2) is 13.3. The van der Waals surface area contributed by atoms with Gasteiger partial charge in [0, 0.05) is 24.9 Å². The lowest BCUT2D eigenvalue weighted by molar-refractivity contribution is -0.140. The summed E-state index contributed by atoms with van der Waals surface area (Å²) in [4.78, 5) is 61.0. The fraction of sp³-hybridized carbons (Fsp3) is 0.429. The molecule has 2 aromatic rings. The first-order valence-corrected chi connectivity index (χ1v) is 14.9. The van der Waals surface area contributed by atoms with Gasteiger partial charge in [0.2, 0.25) is 11.8 Å². The maximum Gasteiger partial charge on any atom is 0.408 e. The molecule has 0 aliphatic carbocycles. The Bertz CT molecular complexity index is 1290. The van der Waals surface area contributed by atoms with Crippen molar-refractivity contribution < 1.29 is 33.5 Å². The van der Waals surface area contributed by atoms with E-state index in [9.17, 15) is 28.7 Å². The third kappa shape index (κ3) is 9.41. The molecular formula is C28H38N5O7P. The minimum absolute atomic E-state index is 0.144. The van der Waals surface area contributed by atoms with Crippen molar-refractivity contribution >= 4 is 31.3 Å². The molecule has 1 saturated heterocycles. The molecule has 1 unspecified atom stereocenters. The first-order valence-electron chi connectivity index (χ1n) is 13.3. The van der Waals surface area contributed by atoms with Crippen molar-refractivity contribution in [1.82, 2.24) is 15.5 Å². The molecule has 3 atom stereocenters. The maximum absolute atomic E-state index is 13.7. The van der Waals surface area contributed by atoms with Crippen LogP contribution in [0.15, 0.2) is 54.6 Å². The molecule has 0 bridgehead atoms. The van der Waals surface area contributed by atoms with Crippen molar-refractivity contribution in [1.29, 1.82) is 5.41 Å². The van der Waals surface area contributed by atoms with Crippen LogP contribution < -0.4 is 16.4 Å². The van der Waals surface area contributed by atoms with Crippen molar-refractivity contribution in [2.45, 2.75) is 69.9 Å². The zero-order valence-electron chi connectivity index (χ0n) is 23.4. The highest BCUT2D eigenvalue weighted by Crippen LogP contribution is 2.41. The van der Waals surface area contributed by atoms with Crippen LogP contribution in [0.25, 0.3) is 0 Å². The lowest BCUT2D eigenvalue weighted by Gasteiger charge is -2.30. The van der Waals surface area contributed by atoms with E-state index in [1.54, 1.807) is 45.0 Å². The number of hydrogen-bond acceptors (Lipinski definition) is 6. The summed E-state index contributed by atoms with van der Waals surface area (Å²) in [6.45, 7) is 5.36. The standard InChI is InChI=1S/C28H38N5O7P/c1-28(2,3)40-27(36)31-21(16-18-8-5-4-6-9-18)26(35)33-15-7-10-22(33)25(34)32-23(41(37,38)39)17-19-11-13-20(14-12-19)24(29)30/h4-6,8-9,11-14,21-23H,7,10,15-17H2,1-3H3,(H3,29,30)(H,31,36)(H,32,34)(H2,37,38,39)/t21-,22+,23?/m1/s1. The molecule has 0 radical (unpaired) electrons. The molecular weight excluding hydrogens is 549 g/mol. The molecule has 1 aliphatic rings.